The van der Waals surface area contributed by atoms with E-state index in [1.54, 1.807) is 30.3 Å². The summed E-state index contributed by atoms with van der Waals surface area (Å²) in [6, 6.07) is 18.5. The molecule has 0 spiro atoms. The van der Waals surface area contributed by atoms with Crippen LogP contribution in [-0.2, 0) is 36.1 Å². The van der Waals surface area contributed by atoms with E-state index in [-0.39, 0.29) is 29.2 Å². The van der Waals surface area contributed by atoms with Gasteiger partial charge in [0.05, 0.1) is 29.0 Å². The summed E-state index contributed by atoms with van der Waals surface area (Å²) in [4.78, 5) is 27.1. The molecule has 10 nitrogen and oxygen atoms in total. The van der Waals surface area contributed by atoms with Crippen molar-refractivity contribution in [1.82, 2.24) is 4.31 Å². The lowest BCUT2D eigenvalue weighted by Crippen LogP contribution is -2.46. The van der Waals surface area contributed by atoms with Crippen LogP contribution in [0.25, 0.3) is 0 Å². The minimum atomic E-state index is -4.21. The smallest absolute Gasteiger partial charge is 0.252 e. The van der Waals surface area contributed by atoms with Crippen molar-refractivity contribution in [1.29, 1.82) is 0 Å². The van der Waals surface area contributed by atoms with Crippen molar-refractivity contribution in [3.05, 3.63) is 84.4 Å². The number of rotatable bonds is 9. The molecule has 0 radical (unpaired) electrons. The number of hydrogen-bond acceptors (Lipinski definition) is 7. The molecule has 37 heavy (non-hydrogen) atoms. The number of methoxy groups -OCH3 is 1. The van der Waals surface area contributed by atoms with Gasteiger partial charge in [0, 0.05) is 6.54 Å². The average Bonchev–Trinajstić information content (AvgIpc) is 3.17. The van der Waals surface area contributed by atoms with Crippen LogP contribution in [0.4, 0.5) is 5.69 Å². The van der Waals surface area contributed by atoms with E-state index in [2.05, 4.69) is 0 Å². The van der Waals surface area contributed by atoms with Gasteiger partial charge in [0.2, 0.25) is 26.0 Å². The summed E-state index contributed by atoms with van der Waals surface area (Å²) in [7, 11) is -6.63. The Bertz CT molecular complexity index is 1510. The van der Waals surface area contributed by atoms with Crippen molar-refractivity contribution in [3.8, 4) is 5.75 Å². The van der Waals surface area contributed by atoms with Gasteiger partial charge in [-0.15, -0.1) is 0 Å². The number of ether oxygens (including phenoxy) is 1. The van der Waals surface area contributed by atoms with Gasteiger partial charge in [-0.1, -0.05) is 30.3 Å². The summed E-state index contributed by atoms with van der Waals surface area (Å²) in [6.07, 6.45) is -0.156. The highest BCUT2D eigenvalue weighted by Gasteiger charge is 2.46. The summed E-state index contributed by atoms with van der Waals surface area (Å²) in [5, 5.41) is 5.14. The molecular weight excluding hydrogens is 518 g/mol. The van der Waals surface area contributed by atoms with Crippen LogP contribution < -0.4 is 14.8 Å². The van der Waals surface area contributed by atoms with E-state index in [0.29, 0.717) is 17.0 Å². The Morgan fingerprint density at radius 1 is 0.892 bits per heavy atom. The highest BCUT2D eigenvalue weighted by molar-refractivity contribution is 7.89. The van der Waals surface area contributed by atoms with Gasteiger partial charge in [-0.05, 0) is 60.5 Å². The zero-order chi connectivity index (χ0) is 26.8. The number of hydrogen-bond donors (Lipinski definition) is 1. The largest absolute Gasteiger partial charge is 0.497 e. The molecule has 0 bridgehead atoms. The summed E-state index contributed by atoms with van der Waals surface area (Å²) in [6.45, 7) is -0.130. The molecule has 1 atom stereocenters. The molecular formula is C25H25N3O7S2. The Labute approximate surface area is 215 Å². The van der Waals surface area contributed by atoms with Crippen LogP contribution in [0.15, 0.2) is 88.7 Å². The lowest BCUT2D eigenvalue weighted by Gasteiger charge is -2.27. The third-order valence-corrected chi connectivity index (χ3v) is 8.88. The van der Waals surface area contributed by atoms with Crippen molar-refractivity contribution < 1.29 is 31.2 Å². The molecule has 2 N–H and O–H groups in total. The van der Waals surface area contributed by atoms with Crippen LogP contribution in [0.2, 0.25) is 0 Å². The molecule has 1 fully saturated rings. The van der Waals surface area contributed by atoms with Gasteiger partial charge in [0.25, 0.3) is 5.91 Å². The first-order valence-electron chi connectivity index (χ1n) is 11.2. The topological polar surface area (TPSA) is 144 Å². The minimum Gasteiger partial charge on any atom is -0.497 e. The summed E-state index contributed by atoms with van der Waals surface area (Å²) in [5.74, 6) is -0.686. The van der Waals surface area contributed by atoms with Crippen molar-refractivity contribution in [3.63, 3.8) is 0 Å². The summed E-state index contributed by atoms with van der Waals surface area (Å²) < 4.78 is 56.7. The molecule has 1 aliphatic rings. The van der Waals surface area contributed by atoms with Gasteiger partial charge in [-0.25, -0.2) is 26.9 Å². The van der Waals surface area contributed by atoms with Crippen LogP contribution in [0, 0.1) is 0 Å². The molecule has 2 amide bonds. The Morgan fingerprint density at radius 3 is 2.05 bits per heavy atom. The molecule has 1 aliphatic heterocycles. The van der Waals surface area contributed by atoms with E-state index >= 15 is 0 Å². The van der Waals surface area contributed by atoms with E-state index in [0.717, 1.165) is 9.21 Å². The van der Waals surface area contributed by atoms with E-state index in [1.807, 2.05) is 0 Å². The Balaban J connectivity index is 1.67. The normalized spacial score (nSPS) is 16.4. The van der Waals surface area contributed by atoms with E-state index in [9.17, 15) is 26.4 Å². The number of para-hydroxylation sites is 1. The van der Waals surface area contributed by atoms with E-state index in [1.165, 1.54) is 55.6 Å². The average molecular weight is 544 g/mol. The predicted molar refractivity (Wildman–Crippen MR) is 136 cm³/mol. The van der Waals surface area contributed by atoms with Gasteiger partial charge in [-0.3, -0.25) is 9.59 Å². The molecule has 12 heteroatoms. The number of nitrogens with zero attached hydrogens (tertiary/aromatic N) is 2. The Kier molecular flexibility index (Phi) is 7.46. The first kappa shape index (κ1) is 26.5. The highest BCUT2D eigenvalue weighted by atomic mass is 32.2. The van der Waals surface area contributed by atoms with Crippen LogP contribution in [0.5, 0.6) is 5.75 Å². The minimum absolute atomic E-state index is 0.0590. The number of sulfonamides is 2. The lowest BCUT2D eigenvalue weighted by molar-refractivity contribution is -0.122. The number of nitrogens with two attached hydrogens (primary N) is 1. The third-order valence-electron chi connectivity index (χ3n) is 6.02. The number of primary sulfonamides is 1. The van der Waals surface area contributed by atoms with Crippen molar-refractivity contribution in [2.75, 3.05) is 18.6 Å². The number of amides is 2. The molecule has 0 aliphatic carbocycles. The third kappa shape index (κ3) is 5.57. The molecule has 0 aromatic heterocycles. The molecule has 0 saturated carbocycles. The van der Waals surface area contributed by atoms with Gasteiger partial charge in [-0.2, -0.15) is 4.31 Å². The maximum absolute atomic E-state index is 13.7. The first-order valence-corrected chi connectivity index (χ1v) is 14.2. The number of imide groups is 1. The maximum atomic E-state index is 13.7. The second-order valence-electron chi connectivity index (χ2n) is 8.35. The fourth-order valence-corrected chi connectivity index (χ4v) is 6.20. The standard InChI is InChI=1S/C25H25N3O7S2/c1-35-20-9-13-22(14-10-20)37(33,34)27(16-15-18-7-11-21(12-8-18)36(26,31)32)23-17-24(29)28(25(23)30)19-5-3-2-4-6-19/h2-14,23H,15-17H2,1H3,(H2,26,31,32). The number of benzene rings is 3. The summed E-state index contributed by atoms with van der Waals surface area (Å²) >= 11 is 0. The first-order chi connectivity index (χ1) is 17.5. The van der Waals surface area contributed by atoms with Crippen molar-refractivity contribution >= 4 is 37.5 Å². The number of anilines is 1. The van der Waals surface area contributed by atoms with Crippen LogP contribution in [-0.4, -0.2) is 52.7 Å². The van der Waals surface area contributed by atoms with E-state index < -0.39 is 37.9 Å². The lowest BCUT2D eigenvalue weighted by atomic mass is 10.1. The van der Waals surface area contributed by atoms with Gasteiger partial charge in [0.15, 0.2) is 0 Å². The van der Waals surface area contributed by atoms with Gasteiger partial charge < -0.3 is 4.74 Å². The molecule has 1 saturated heterocycles. The fraction of sp³-hybridized carbons (Fsp3) is 0.200. The monoisotopic (exact) mass is 543 g/mol. The number of carbonyl (C=O) groups excluding carboxylic acids is 2. The zero-order valence-electron chi connectivity index (χ0n) is 19.9. The molecule has 194 valence electrons. The van der Waals surface area contributed by atoms with Crippen molar-refractivity contribution in [2.24, 2.45) is 5.14 Å². The van der Waals surface area contributed by atoms with Gasteiger partial charge in [0.1, 0.15) is 11.8 Å². The second kappa shape index (κ2) is 10.4. The Hall–Kier alpha value is -3.58. The summed E-state index contributed by atoms with van der Waals surface area (Å²) in [5.41, 5.74) is 0.986. The fourth-order valence-electron chi connectivity index (χ4n) is 4.10. The maximum Gasteiger partial charge on any atom is 0.252 e. The highest BCUT2D eigenvalue weighted by Crippen LogP contribution is 2.30. The molecule has 3 aromatic carbocycles. The predicted octanol–water partition coefficient (Wildman–Crippen LogP) is 1.91. The van der Waals surface area contributed by atoms with Crippen LogP contribution in [0.1, 0.15) is 12.0 Å². The van der Waals surface area contributed by atoms with Gasteiger partial charge >= 0.3 is 0 Å². The van der Waals surface area contributed by atoms with Crippen molar-refractivity contribution in [2.45, 2.75) is 28.7 Å². The molecule has 4 rings (SSSR count). The molecule has 1 heterocycles. The Morgan fingerprint density at radius 2 is 1.49 bits per heavy atom. The zero-order valence-corrected chi connectivity index (χ0v) is 21.5. The molecule has 3 aromatic rings. The van der Waals surface area contributed by atoms with Crippen LogP contribution in [0.3, 0.4) is 0 Å². The SMILES string of the molecule is COc1ccc(S(=O)(=O)N(CCc2ccc(S(N)(=O)=O)cc2)C2CC(=O)N(c3ccccc3)C2=O)cc1. The van der Waals surface area contributed by atoms with E-state index in [4.69, 9.17) is 9.88 Å². The number of carbonyl (C=O) groups is 2. The second-order valence-corrected chi connectivity index (χ2v) is 11.8. The quantitative estimate of drug-likeness (QED) is 0.406. The van der Waals surface area contributed by atoms with Crippen LogP contribution >= 0.6 is 0 Å². The molecule has 1 unspecified atom stereocenters.